The standard InChI is InChI=1S/Br10Si5/c1-11(2)12(3,4)14(7,8)15(9,10)13(11,5)6. The average molecular weight is 939 g/mol. The molecule has 0 aromatic heterocycles. The van der Waals surface area contributed by atoms with Gasteiger partial charge < -0.3 is 0 Å². The van der Waals surface area contributed by atoms with Crippen LogP contribution in [0.2, 0.25) is 0 Å². The fourth-order valence-corrected chi connectivity index (χ4v) is 497. The minimum absolute atomic E-state index is 1.76. The van der Waals surface area contributed by atoms with Crippen molar-refractivity contribution < 1.29 is 0 Å². The van der Waals surface area contributed by atoms with Gasteiger partial charge in [0.05, 0.1) is 0 Å². The highest BCUT2D eigenvalue weighted by Crippen LogP contribution is 2.71. The van der Waals surface area contributed by atoms with E-state index in [1.165, 1.54) is 0 Å². The molecule has 0 nitrogen and oxygen atoms in total. The van der Waals surface area contributed by atoms with E-state index in [1.54, 1.807) is 0 Å². The molecule has 0 N–H and O–H groups in total. The van der Waals surface area contributed by atoms with Gasteiger partial charge in [-0.1, -0.05) is 0 Å². The van der Waals surface area contributed by atoms with Crippen molar-refractivity contribution in [1.29, 1.82) is 0 Å². The number of rotatable bonds is 0. The van der Waals surface area contributed by atoms with Gasteiger partial charge in [0, 0.05) is 0 Å². The summed E-state index contributed by atoms with van der Waals surface area (Å²) in [5.74, 6) is 0. The third-order valence-corrected chi connectivity index (χ3v) is 331. The van der Waals surface area contributed by atoms with Crippen molar-refractivity contribution >= 4 is 175 Å². The van der Waals surface area contributed by atoms with Gasteiger partial charge in [0.15, 0.2) is 0 Å². The van der Waals surface area contributed by atoms with Crippen molar-refractivity contribution in [2.75, 3.05) is 0 Å². The lowest BCUT2D eigenvalue weighted by atomic mass is 26.4. The van der Waals surface area contributed by atoms with Crippen LogP contribution in [-0.4, -0.2) is 21.7 Å². The molecule has 15 heavy (non-hydrogen) atoms. The van der Waals surface area contributed by atoms with Gasteiger partial charge in [0.25, 0.3) is 0 Å². The van der Waals surface area contributed by atoms with E-state index in [0.717, 1.165) is 0 Å². The lowest BCUT2D eigenvalue weighted by molar-refractivity contribution is 3.75. The predicted octanol–water partition coefficient (Wildman–Crippen LogP) is 6.55. The first-order valence-corrected chi connectivity index (χ1v) is 40.7. The van der Waals surface area contributed by atoms with Gasteiger partial charge in [0.2, 0.25) is 21.7 Å². The van der Waals surface area contributed by atoms with E-state index >= 15 is 0 Å². The Balaban J connectivity index is 3.55. The van der Waals surface area contributed by atoms with Crippen molar-refractivity contribution in [2.24, 2.45) is 0 Å². The Bertz CT molecular complexity index is 199. The highest BCUT2D eigenvalue weighted by atomic mass is 80.0. The molecule has 0 aromatic rings. The molecule has 1 aliphatic rings. The zero-order valence-electron chi connectivity index (χ0n) is 6.28. The van der Waals surface area contributed by atoms with Gasteiger partial charge in [-0.3, -0.25) is 0 Å². The Morgan fingerprint density at radius 3 is 0.400 bits per heavy atom. The number of hydrogen-bond donors (Lipinski definition) is 0. The fourth-order valence-electron chi connectivity index (χ4n) is 0.986. The molecule has 0 radical (unpaired) electrons. The first-order chi connectivity index (χ1) is 6.25. The summed E-state index contributed by atoms with van der Waals surface area (Å²) in [7, 11) is 0. The highest BCUT2D eigenvalue weighted by molar-refractivity contribution is 9.88. The molecular formula is Br10Si5. The summed E-state index contributed by atoms with van der Waals surface area (Å²) in [6.45, 7) is 0. The van der Waals surface area contributed by atoms with E-state index in [-0.39, 0.29) is 0 Å². The lowest BCUT2D eigenvalue weighted by Crippen LogP contribution is -2.58. The SMILES string of the molecule is Br[Si]1(Br)[Si](Br)(Br)[Si](Br)(Br)[Si](Br)(Br)[Si]1(Br)Br. The van der Waals surface area contributed by atoms with E-state index in [0.29, 0.717) is 0 Å². The van der Waals surface area contributed by atoms with Crippen molar-refractivity contribution in [3.8, 4) is 0 Å². The van der Waals surface area contributed by atoms with Crippen LogP contribution in [0.15, 0.2) is 0 Å². The third-order valence-electron chi connectivity index (χ3n) is 1.97. The molecule has 0 aromatic carbocycles. The molecule has 0 bridgehead atoms. The normalized spacial score (nSPS) is 34.0. The van der Waals surface area contributed by atoms with E-state index in [4.69, 9.17) is 0 Å². The van der Waals surface area contributed by atoms with Crippen LogP contribution in [0, 0.1) is 0 Å². The quantitative estimate of drug-likeness (QED) is 0.191. The molecular weight excluding hydrogens is 939 g/mol. The van der Waals surface area contributed by atoms with Gasteiger partial charge in [-0.15, -0.1) is 153 Å². The molecule has 1 rings (SSSR count). The first kappa shape index (κ1) is 18.9. The lowest BCUT2D eigenvalue weighted by Gasteiger charge is -2.30. The fraction of sp³-hybridized carbons (Fsp3) is 0. The zero-order valence-corrected chi connectivity index (χ0v) is 27.1. The van der Waals surface area contributed by atoms with Crippen LogP contribution in [0.1, 0.15) is 0 Å². The molecule has 15 heteroatoms. The Morgan fingerprint density at radius 2 is 0.333 bits per heavy atom. The third kappa shape index (κ3) is 2.46. The molecule has 1 fully saturated rings. The molecule has 0 atom stereocenters. The van der Waals surface area contributed by atoms with E-state index in [1.807, 2.05) is 0 Å². The van der Waals surface area contributed by atoms with Gasteiger partial charge in [-0.25, -0.2) is 0 Å². The van der Waals surface area contributed by atoms with Crippen LogP contribution in [0.4, 0.5) is 0 Å². The van der Waals surface area contributed by atoms with Gasteiger partial charge in [0.1, 0.15) is 0 Å². The largest absolute Gasteiger partial charge is 0.229 e. The maximum Gasteiger partial charge on any atom is 0.229 e. The number of hydrogen-bond acceptors (Lipinski definition) is 0. The summed E-state index contributed by atoms with van der Waals surface area (Å²) in [4.78, 5) is 0. The van der Waals surface area contributed by atoms with Gasteiger partial charge in [-0.05, 0) is 0 Å². The average Bonchev–Trinajstić information content (AvgIpc) is 2.04. The zero-order chi connectivity index (χ0) is 12.5. The highest BCUT2D eigenvalue weighted by Gasteiger charge is 2.90. The summed E-state index contributed by atoms with van der Waals surface area (Å²) in [5, 5.41) is 0. The summed E-state index contributed by atoms with van der Waals surface area (Å²) in [5.41, 5.74) is 0. The van der Waals surface area contributed by atoms with Crippen LogP contribution >= 0.6 is 153 Å². The molecule has 0 amide bonds. The Labute approximate surface area is 170 Å². The minimum atomic E-state index is -1.76. The summed E-state index contributed by atoms with van der Waals surface area (Å²) >= 11 is 39.8. The topological polar surface area (TPSA) is 0 Å². The van der Waals surface area contributed by atoms with E-state index < -0.39 is 21.7 Å². The summed E-state index contributed by atoms with van der Waals surface area (Å²) in [6, 6.07) is 0. The van der Waals surface area contributed by atoms with Crippen molar-refractivity contribution in [1.82, 2.24) is 0 Å². The molecule has 1 aliphatic heterocycles. The predicted molar refractivity (Wildman–Crippen MR) is 118 cm³/mol. The summed E-state index contributed by atoms with van der Waals surface area (Å²) < 4.78 is -8.80. The second kappa shape index (κ2) is 5.51. The Hall–Kier alpha value is 5.88. The van der Waals surface area contributed by atoms with Crippen LogP contribution in [-0.2, 0) is 0 Å². The first-order valence-electron chi connectivity index (χ1n) is 3.14. The van der Waals surface area contributed by atoms with Crippen LogP contribution in [0.3, 0.4) is 0 Å². The van der Waals surface area contributed by atoms with Crippen molar-refractivity contribution in [3.63, 3.8) is 0 Å². The maximum atomic E-state index is 3.98. The molecule has 0 aliphatic carbocycles. The minimum Gasteiger partial charge on any atom is -0.114 e. The van der Waals surface area contributed by atoms with Crippen LogP contribution in [0.25, 0.3) is 0 Å². The Kier molecular flexibility index (Phi) is 6.95. The van der Waals surface area contributed by atoms with Crippen molar-refractivity contribution in [3.05, 3.63) is 0 Å². The molecule has 0 unspecified atom stereocenters. The second-order valence-electron chi connectivity index (χ2n) is 2.87. The monoisotopic (exact) mass is 929 g/mol. The van der Waals surface area contributed by atoms with Gasteiger partial charge in [-0.2, -0.15) is 0 Å². The summed E-state index contributed by atoms with van der Waals surface area (Å²) in [6.07, 6.45) is 0. The maximum absolute atomic E-state index is 3.98. The Morgan fingerprint density at radius 1 is 0.267 bits per heavy atom. The molecule has 1 saturated heterocycles. The van der Waals surface area contributed by atoms with Crippen LogP contribution < -0.4 is 0 Å². The molecule has 90 valence electrons. The van der Waals surface area contributed by atoms with Crippen LogP contribution in [0.5, 0.6) is 0 Å². The molecule has 0 saturated carbocycles. The molecule has 0 spiro atoms. The van der Waals surface area contributed by atoms with E-state index in [9.17, 15) is 0 Å². The number of halogens is 10. The second-order valence-corrected chi connectivity index (χ2v) is 134. The van der Waals surface area contributed by atoms with Crippen molar-refractivity contribution in [2.45, 2.75) is 0 Å². The molecule has 1 heterocycles. The van der Waals surface area contributed by atoms with E-state index in [2.05, 4.69) is 153 Å². The smallest absolute Gasteiger partial charge is 0.114 e. The van der Waals surface area contributed by atoms with Gasteiger partial charge >= 0.3 is 0 Å².